The van der Waals surface area contributed by atoms with E-state index in [2.05, 4.69) is 10.3 Å². The maximum Gasteiger partial charge on any atom is 0.258 e. The number of aromatic nitrogens is 1. The van der Waals surface area contributed by atoms with Gasteiger partial charge >= 0.3 is 0 Å². The summed E-state index contributed by atoms with van der Waals surface area (Å²) >= 11 is 6.00. The molecule has 0 spiro atoms. The number of hydrogen-bond acceptors (Lipinski definition) is 3. The average Bonchev–Trinajstić information content (AvgIpc) is 2.41. The zero-order valence-electron chi connectivity index (χ0n) is 11.4. The molecule has 2 aromatic rings. The number of carbonyl (C=O) groups is 1. The van der Waals surface area contributed by atoms with Gasteiger partial charge in [-0.3, -0.25) is 9.78 Å². The Hall–Kier alpha value is -1.91. The lowest BCUT2D eigenvalue weighted by Gasteiger charge is -2.15. The van der Waals surface area contributed by atoms with Gasteiger partial charge in [0.05, 0.1) is 10.6 Å². The standard InChI is InChI=1S/C15H16ClN3O/c1-19(2)10-11-5-3-4-6-14(11)18-15(20)12-9-17-8-7-13(12)16/h3-9H,10H2,1-2H3,(H,18,20). The molecule has 1 aromatic heterocycles. The Morgan fingerprint density at radius 1 is 1.30 bits per heavy atom. The van der Waals surface area contributed by atoms with Gasteiger partial charge in [0, 0.05) is 24.6 Å². The van der Waals surface area contributed by atoms with E-state index in [4.69, 9.17) is 11.6 Å². The number of carbonyl (C=O) groups excluding carboxylic acids is 1. The summed E-state index contributed by atoms with van der Waals surface area (Å²) in [6.45, 7) is 0.747. The van der Waals surface area contributed by atoms with Gasteiger partial charge in [0.25, 0.3) is 5.91 Å². The third kappa shape index (κ3) is 3.56. The smallest absolute Gasteiger partial charge is 0.258 e. The second kappa shape index (κ2) is 6.50. The molecule has 0 aliphatic heterocycles. The molecule has 1 amide bonds. The number of rotatable bonds is 4. The first kappa shape index (κ1) is 14.5. The largest absolute Gasteiger partial charge is 0.322 e. The molecule has 1 aromatic carbocycles. The third-order valence-corrected chi connectivity index (χ3v) is 3.09. The predicted octanol–water partition coefficient (Wildman–Crippen LogP) is 3.05. The van der Waals surface area contributed by atoms with Gasteiger partial charge in [0.2, 0.25) is 0 Å². The van der Waals surface area contributed by atoms with Crippen molar-refractivity contribution in [3.05, 3.63) is 58.9 Å². The van der Waals surface area contributed by atoms with Gasteiger partial charge in [0.15, 0.2) is 0 Å². The molecule has 0 bridgehead atoms. The summed E-state index contributed by atoms with van der Waals surface area (Å²) in [6.07, 6.45) is 3.02. The second-order valence-electron chi connectivity index (χ2n) is 4.70. The molecular weight excluding hydrogens is 274 g/mol. The Balaban J connectivity index is 2.22. The summed E-state index contributed by atoms with van der Waals surface area (Å²) in [5, 5.41) is 3.27. The molecule has 0 radical (unpaired) electrons. The molecule has 104 valence electrons. The van der Waals surface area contributed by atoms with Crippen LogP contribution in [-0.2, 0) is 6.54 Å². The van der Waals surface area contributed by atoms with E-state index < -0.39 is 0 Å². The van der Waals surface area contributed by atoms with Crippen molar-refractivity contribution in [1.29, 1.82) is 0 Å². The van der Waals surface area contributed by atoms with Crippen LogP contribution in [0.5, 0.6) is 0 Å². The maximum atomic E-state index is 12.2. The Bertz CT molecular complexity index is 614. The van der Waals surface area contributed by atoms with E-state index >= 15 is 0 Å². The summed E-state index contributed by atoms with van der Waals surface area (Å²) in [6, 6.07) is 9.30. The van der Waals surface area contributed by atoms with Gasteiger partial charge in [-0.1, -0.05) is 29.8 Å². The Morgan fingerprint density at radius 2 is 2.05 bits per heavy atom. The number of para-hydroxylation sites is 1. The van der Waals surface area contributed by atoms with Gasteiger partial charge in [-0.2, -0.15) is 0 Å². The molecule has 0 unspecified atom stereocenters. The van der Waals surface area contributed by atoms with Gasteiger partial charge in [-0.15, -0.1) is 0 Å². The normalized spacial score (nSPS) is 10.6. The first-order chi connectivity index (χ1) is 9.58. The van der Waals surface area contributed by atoms with Crippen LogP contribution in [0, 0.1) is 0 Å². The lowest BCUT2D eigenvalue weighted by molar-refractivity contribution is 0.102. The van der Waals surface area contributed by atoms with Crippen molar-refractivity contribution in [3.8, 4) is 0 Å². The molecule has 1 N–H and O–H groups in total. The fourth-order valence-corrected chi connectivity index (χ4v) is 2.05. The van der Waals surface area contributed by atoms with Gasteiger partial charge in [0.1, 0.15) is 0 Å². The van der Waals surface area contributed by atoms with Crippen LogP contribution in [0.1, 0.15) is 15.9 Å². The maximum absolute atomic E-state index is 12.2. The van der Waals surface area contributed by atoms with Crippen molar-refractivity contribution in [2.75, 3.05) is 19.4 Å². The third-order valence-electron chi connectivity index (χ3n) is 2.76. The number of amides is 1. The summed E-state index contributed by atoms with van der Waals surface area (Å²) in [5.74, 6) is -0.255. The zero-order valence-corrected chi connectivity index (χ0v) is 12.2. The summed E-state index contributed by atoms with van der Waals surface area (Å²) in [5.41, 5.74) is 2.20. The van der Waals surface area contributed by atoms with Crippen LogP contribution < -0.4 is 5.32 Å². The van der Waals surface area contributed by atoms with Crippen LogP contribution in [0.2, 0.25) is 5.02 Å². The van der Waals surface area contributed by atoms with Crippen LogP contribution in [0.25, 0.3) is 0 Å². The molecule has 5 heteroatoms. The molecule has 0 fully saturated rings. The number of anilines is 1. The highest BCUT2D eigenvalue weighted by molar-refractivity contribution is 6.34. The first-order valence-corrected chi connectivity index (χ1v) is 6.59. The summed E-state index contributed by atoms with van der Waals surface area (Å²) in [7, 11) is 3.97. The summed E-state index contributed by atoms with van der Waals surface area (Å²) < 4.78 is 0. The van der Waals surface area contributed by atoms with E-state index in [0.29, 0.717) is 10.6 Å². The Labute approximate surface area is 123 Å². The lowest BCUT2D eigenvalue weighted by atomic mass is 10.1. The molecule has 0 atom stereocenters. The molecule has 20 heavy (non-hydrogen) atoms. The minimum Gasteiger partial charge on any atom is -0.322 e. The molecule has 1 heterocycles. The Morgan fingerprint density at radius 3 is 2.75 bits per heavy atom. The first-order valence-electron chi connectivity index (χ1n) is 6.21. The van der Waals surface area contributed by atoms with Crippen LogP contribution in [0.4, 0.5) is 5.69 Å². The van der Waals surface area contributed by atoms with Crippen LogP contribution in [-0.4, -0.2) is 29.9 Å². The molecule has 0 aliphatic rings. The molecule has 2 rings (SSSR count). The highest BCUT2D eigenvalue weighted by Crippen LogP contribution is 2.19. The van der Waals surface area contributed by atoms with Crippen molar-refractivity contribution >= 4 is 23.2 Å². The second-order valence-corrected chi connectivity index (χ2v) is 5.11. The molecule has 4 nitrogen and oxygen atoms in total. The number of pyridine rings is 1. The van der Waals surface area contributed by atoms with Crippen LogP contribution in [0.15, 0.2) is 42.7 Å². The van der Waals surface area contributed by atoms with Crippen molar-refractivity contribution in [2.45, 2.75) is 6.54 Å². The van der Waals surface area contributed by atoms with E-state index in [1.54, 1.807) is 12.3 Å². The fourth-order valence-electron chi connectivity index (χ4n) is 1.86. The molecule has 0 saturated carbocycles. The minimum absolute atomic E-state index is 0.255. The number of nitrogens with zero attached hydrogens (tertiary/aromatic N) is 2. The van der Waals surface area contributed by atoms with Crippen molar-refractivity contribution < 1.29 is 4.79 Å². The molecular formula is C15H16ClN3O. The average molecular weight is 290 g/mol. The van der Waals surface area contributed by atoms with Crippen molar-refractivity contribution in [3.63, 3.8) is 0 Å². The number of nitrogens with one attached hydrogen (secondary N) is 1. The van der Waals surface area contributed by atoms with Crippen molar-refractivity contribution in [2.24, 2.45) is 0 Å². The number of benzene rings is 1. The molecule has 0 aliphatic carbocycles. The van der Waals surface area contributed by atoms with E-state index in [1.165, 1.54) is 6.20 Å². The number of halogens is 1. The van der Waals surface area contributed by atoms with Gasteiger partial charge in [-0.25, -0.2) is 0 Å². The zero-order chi connectivity index (χ0) is 14.5. The van der Waals surface area contributed by atoms with E-state index in [0.717, 1.165) is 17.8 Å². The van der Waals surface area contributed by atoms with Crippen LogP contribution in [0.3, 0.4) is 0 Å². The van der Waals surface area contributed by atoms with E-state index in [1.807, 2.05) is 43.3 Å². The van der Waals surface area contributed by atoms with Crippen LogP contribution >= 0.6 is 11.6 Å². The SMILES string of the molecule is CN(C)Cc1ccccc1NC(=O)c1cnccc1Cl. The van der Waals surface area contributed by atoms with Gasteiger partial charge < -0.3 is 10.2 Å². The predicted molar refractivity (Wildman–Crippen MR) is 81.0 cm³/mol. The van der Waals surface area contributed by atoms with Gasteiger partial charge in [-0.05, 0) is 31.8 Å². The van der Waals surface area contributed by atoms with E-state index in [-0.39, 0.29) is 5.91 Å². The quantitative estimate of drug-likeness (QED) is 0.941. The topological polar surface area (TPSA) is 45.2 Å². The highest BCUT2D eigenvalue weighted by atomic mass is 35.5. The Kier molecular flexibility index (Phi) is 4.71. The minimum atomic E-state index is -0.255. The highest BCUT2D eigenvalue weighted by Gasteiger charge is 2.12. The van der Waals surface area contributed by atoms with Crippen molar-refractivity contribution in [1.82, 2.24) is 9.88 Å². The number of hydrogen-bond donors (Lipinski definition) is 1. The monoisotopic (exact) mass is 289 g/mol. The van der Waals surface area contributed by atoms with E-state index in [9.17, 15) is 4.79 Å². The summed E-state index contributed by atoms with van der Waals surface area (Å²) in [4.78, 5) is 18.2. The molecule has 0 saturated heterocycles. The lowest BCUT2D eigenvalue weighted by Crippen LogP contribution is -2.17. The fraction of sp³-hybridized carbons (Fsp3) is 0.200.